The Balaban J connectivity index is 1.34. The van der Waals surface area contributed by atoms with Crippen LogP contribution in [0.4, 0.5) is 5.69 Å². The molecule has 0 radical (unpaired) electrons. The maximum atomic E-state index is 13.4. The van der Waals surface area contributed by atoms with E-state index in [1.165, 1.54) is 0 Å². The van der Waals surface area contributed by atoms with E-state index < -0.39 is 0 Å². The van der Waals surface area contributed by atoms with Crippen LogP contribution in [0.15, 0.2) is 77.6 Å². The molecule has 1 heterocycles. The number of para-hydroxylation sites is 2. The van der Waals surface area contributed by atoms with Crippen molar-refractivity contribution in [1.29, 1.82) is 0 Å². The van der Waals surface area contributed by atoms with Gasteiger partial charge in [-0.3, -0.25) is 19.0 Å². The number of hydrogen-bond donors (Lipinski definition) is 2. The normalized spacial score (nSPS) is 12.8. The summed E-state index contributed by atoms with van der Waals surface area (Å²) < 4.78 is 6.84. The highest BCUT2D eigenvalue weighted by atomic mass is 16.5. The summed E-state index contributed by atoms with van der Waals surface area (Å²) in [4.78, 5) is 43.0. The number of nitrogens with zero attached hydrogens (tertiary/aromatic N) is 2. The van der Waals surface area contributed by atoms with E-state index in [4.69, 9.17) is 4.74 Å². The van der Waals surface area contributed by atoms with Crippen molar-refractivity contribution in [3.8, 4) is 11.4 Å². The fraction of sp³-hybridized carbons (Fsp3) is 0.214. The summed E-state index contributed by atoms with van der Waals surface area (Å²) in [6.07, 6.45) is 2.26. The van der Waals surface area contributed by atoms with Gasteiger partial charge in [-0.25, -0.2) is 4.98 Å². The number of amides is 2. The molecule has 36 heavy (non-hydrogen) atoms. The van der Waals surface area contributed by atoms with Crippen molar-refractivity contribution in [2.24, 2.45) is 0 Å². The molecule has 1 aliphatic rings. The Labute approximate surface area is 207 Å². The van der Waals surface area contributed by atoms with Gasteiger partial charge in [0.05, 0.1) is 18.1 Å². The number of methoxy groups -OCH3 is 1. The van der Waals surface area contributed by atoms with Crippen molar-refractivity contribution in [2.75, 3.05) is 12.4 Å². The van der Waals surface area contributed by atoms with Gasteiger partial charge in [-0.2, -0.15) is 0 Å². The summed E-state index contributed by atoms with van der Waals surface area (Å²) in [7, 11) is 1.59. The fourth-order valence-corrected chi connectivity index (χ4v) is 4.02. The van der Waals surface area contributed by atoms with Gasteiger partial charge in [0, 0.05) is 35.8 Å². The lowest BCUT2D eigenvalue weighted by Gasteiger charge is -2.13. The van der Waals surface area contributed by atoms with Gasteiger partial charge in [-0.05, 0) is 67.4 Å². The van der Waals surface area contributed by atoms with Crippen LogP contribution in [0.1, 0.15) is 35.3 Å². The molecule has 182 valence electrons. The molecule has 3 aromatic carbocycles. The number of aryl methyl sites for hydroxylation is 1. The third kappa shape index (κ3) is 5.12. The molecule has 8 nitrogen and oxygen atoms in total. The standard InChI is InChI=1S/C28H26N4O4/c1-36-22-13-11-21(12-14-22)32-25-8-3-2-7-23(25)31-24(28(32)35)15-16-26(33)29-20-6-4-5-18(17-20)27(34)30-19-9-10-19/h2-8,11-14,17,19H,9-10,15-16H2,1H3,(H,29,33)(H,30,34). The van der Waals surface area contributed by atoms with E-state index in [0.717, 1.165) is 12.8 Å². The third-order valence-corrected chi connectivity index (χ3v) is 6.07. The highest BCUT2D eigenvalue weighted by Gasteiger charge is 2.24. The van der Waals surface area contributed by atoms with Crippen LogP contribution in [0.2, 0.25) is 0 Å². The van der Waals surface area contributed by atoms with Gasteiger partial charge in [0.25, 0.3) is 11.5 Å². The average Bonchev–Trinajstić information content (AvgIpc) is 3.72. The van der Waals surface area contributed by atoms with Crippen LogP contribution in [-0.4, -0.2) is 34.5 Å². The molecular formula is C28H26N4O4. The molecule has 0 unspecified atom stereocenters. The van der Waals surface area contributed by atoms with E-state index in [-0.39, 0.29) is 36.3 Å². The number of carbonyl (C=O) groups excluding carboxylic acids is 2. The molecule has 0 spiro atoms. The van der Waals surface area contributed by atoms with Crippen LogP contribution in [0.25, 0.3) is 16.7 Å². The lowest BCUT2D eigenvalue weighted by molar-refractivity contribution is -0.116. The van der Waals surface area contributed by atoms with Crippen LogP contribution in [0, 0.1) is 0 Å². The first-order valence-corrected chi connectivity index (χ1v) is 11.9. The number of fused-ring (bicyclic) bond motifs is 1. The molecule has 1 saturated carbocycles. The zero-order valence-corrected chi connectivity index (χ0v) is 19.9. The minimum absolute atomic E-state index is 0.0711. The average molecular weight is 483 g/mol. The molecule has 0 atom stereocenters. The molecule has 1 aliphatic carbocycles. The first kappa shape index (κ1) is 23.3. The number of anilines is 1. The van der Waals surface area contributed by atoms with E-state index in [9.17, 15) is 14.4 Å². The van der Waals surface area contributed by atoms with Crippen LogP contribution >= 0.6 is 0 Å². The summed E-state index contributed by atoms with van der Waals surface area (Å²) in [6.45, 7) is 0. The molecule has 5 rings (SSSR count). The van der Waals surface area contributed by atoms with Crippen LogP contribution < -0.4 is 20.9 Å². The molecule has 1 fully saturated rings. The molecular weight excluding hydrogens is 456 g/mol. The summed E-state index contributed by atoms with van der Waals surface area (Å²) in [5.41, 5.74) is 3.10. The first-order valence-electron chi connectivity index (χ1n) is 11.9. The predicted octanol–water partition coefficient (Wildman–Crippen LogP) is 3.86. The van der Waals surface area contributed by atoms with E-state index in [0.29, 0.717) is 39.4 Å². The van der Waals surface area contributed by atoms with E-state index in [1.807, 2.05) is 36.4 Å². The number of benzene rings is 3. The molecule has 1 aromatic heterocycles. The van der Waals surface area contributed by atoms with Gasteiger partial charge in [0.2, 0.25) is 5.91 Å². The smallest absolute Gasteiger partial charge is 0.277 e. The van der Waals surface area contributed by atoms with Gasteiger partial charge in [0.1, 0.15) is 11.4 Å². The second-order valence-corrected chi connectivity index (χ2v) is 8.76. The van der Waals surface area contributed by atoms with Gasteiger partial charge in [-0.15, -0.1) is 0 Å². The monoisotopic (exact) mass is 482 g/mol. The minimum atomic E-state index is -0.273. The minimum Gasteiger partial charge on any atom is -0.497 e. The summed E-state index contributed by atoms with van der Waals surface area (Å²) >= 11 is 0. The molecule has 2 amide bonds. The maximum Gasteiger partial charge on any atom is 0.277 e. The molecule has 0 bridgehead atoms. The Morgan fingerprint density at radius 1 is 1.03 bits per heavy atom. The highest BCUT2D eigenvalue weighted by Crippen LogP contribution is 2.21. The molecule has 4 aromatic rings. The molecule has 2 N–H and O–H groups in total. The van der Waals surface area contributed by atoms with Gasteiger partial charge < -0.3 is 15.4 Å². The van der Waals surface area contributed by atoms with Gasteiger partial charge in [0.15, 0.2) is 0 Å². The Hall–Kier alpha value is -4.46. The van der Waals surface area contributed by atoms with Crippen LogP contribution in [0.3, 0.4) is 0 Å². The van der Waals surface area contributed by atoms with E-state index in [2.05, 4.69) is 15.6 Å². The predicted molar refractivity (Wildman–Crippen MR) is 138 cm³/mol. The third-order valence-electron chi connectivity index (χ3n) is 6.07. The van der Waals surface area contributed by atoms with E-state index in [1.54, 1.807) is 48.1 Å². The van der Waals surface area contributed by atoms with Crippen molar-refractivity contribution < 1.29 is 14.3 Å². The molecule has 8 heteroatoms. The Bertz CT molecular complexity index is 1490. The van der Waals surface area contributed by atoms with Gasteiger partial charge in [-0.1, -0.05) is 18.2 Å². The van der Waals surface area contributed by atoms with Crippen molar-refractivity contribution in [2.45, 2.75) is 31.7 Å². The topological polar surface area (TPSA) is 102 Å². The lowest BCUT2D eigenvalue weighted by atomic mass is 10.1. The highest BCUT2D eigenvalue weighted by molar-refractivity contribution is 5.97. The SMILES string of the molecule is COc1ccc(-n2c(=O)c(CCC(=O)Nc3cccc(C(=O)NC4CC4)c3)nc3ccccc32)cc1. The quantitative estimate of drug-likeness (QED) is 0.397. The lowest BCUT2D eigenvalue weighted by Crippen LogP contribution is -2.26. The molecule has 0 aliphatic heterocycles. The van der Waals surface area contributed by atoms with Crippen molar-refractivity contribution in [3.05, 3.63) is 94.4 Å². The number of aromatic nitrogens is 2. The second kappa shape index (κ2) is 10.0. The number of ether oxygens (including phenoxy) is 1. The zero-order chi connectivity index (χ0) is 25.1. The number of carbonyl (C=O) groups is 2. The van der Waals surface area contributed by atoms with E-state index >= 15 is 0 Å². The Morgan fingerprint density at radius 2 is 1.81 bits per heavy atom. The van der Waals surface area contributed by atoms with Crippen LogP contribution in [-0.2, 0) is 11.2 Å². The Morgan fingerprint density at radius 3 is 2.56 bits per heavy atom. The largest absolute Gasteiger partial charge is 0.497 e. The van der Waals surface area contributed by atoms with Crippen molar-refractivity contribution in [1.82, 2.24) is 14.9 Å². The van der Waals surface area contributed by atoms with Gasteiger partial charge >= 0.3 is 0 Å². The van der Waals surface area contributed by atoms with Crippen molar-refractivity contribution in [3.63, 3.8) is 0 Å². The second-order valence-electron chi connectivity index (χ2n) is 8.76. The number of rotatable bonds is 8. The first-order chi connectivity index (χ1) is 17.5. The summed E-state index contributed by atoms with van der Waals surface area (Å²) in [5.74, 6) is 0.282. The zero-order valence-electron chi connectivity index (χ0n) is 19.9. The number of hydrogen-bond acceptors (Lipinski definition) is 5. The summed E-state index contributed by atoms with van der Waals surface area (Å²) in [6, 6.07) is 21.7. The molecule has 0 saturated heterocycles. The Kier molecular flexibility index (Phi) is 6.49. The maximum absolute atomic E-state index is 13.4. The summed E-state index contributed by atoms with van der Waals surface area (Å²) in [5, 5.41) is 5.76. The number of nitrogens with one attached hydrogen (secondary N) is 2. The van der Waals surface area contributed by atoms with Crippen LogP contribution in [0.5, 0.6) is 5.75 Å². The van der Waals surface area contributed by atoms with Crippen molar-refractivity contribution >= 4 is 28.5 Å². The fourth-order valence-electron chi connectivity index (χ4n) is 4.02.